The molecular formula is C11H14N2O3. The molecule has 0 fully saturated rings. The molecule has 86 valence electrons. The Morgan fingerprint density at radius 1 is 1.44 bits per heavy atom. The van der Waals surface area contributed by atoms with E-state index in [9.17, 15) is 9.59 Å². The van der Waals surface area contributed by atoms with E-state index in [1.165, 1.54) is 7.05 Å². The first kappa shape index (κ1) is 12.4. The number of hydrogen-bond acceptors (Lipinski definition) is 4. The lowest BCUT2D eigenvalue weighted by molar-refractivity contribution is -0.138. The Balaban J connectivity index is 2.30. The standard InChI is InChI=1S/C11H14N2O3/c1-12-10(7-14)11(15)13-16-8-9-5-3-2-4-6-9/h2-7,10,12H,8H2,1H3,(H,13,15). The van der Waals surface area contributed by atoms with Crippen molar-refractivity contribution in [3.63, 3.8) is 0 Å². The first-order valence-electron chi connectivity index (χ1n) is 4.86. The molecule has 1 amide bonds. The van der Waals surface area contributed by atoms with E-state index < -0.39 is 11.9 Å². The average Bonchev–Trinajstić information content (AvgIpc) is 2.32. The zero-order valence-corrected chi connectivity index (χ0v) is 8.97. The summed E-state index contributed by atoms with van der Waals surface area (Å²) in [6.45, 7) is 0.266. The van der Waals surface area contributed by atoms with Gasteiger partial charge in [-0.15, -0.1) is 0 Å². The topological polar surface area (TPSA) is 67.4 Å². The van der Waals surface area contributed by atoms with Crippen LogP contribution in [0.5, 0.6) is 0 Å². The van der Waals surface area contributed by atoms with Crippen LogP contribution in [0.15, 0.2) is 30.3 Å². The number of carbonyl (C=O) groups is 2. The molecule has 5 nitrogen and oxygen atoms in total. The van der Waals surface area contributed by atoms with Crippen LogP contribution >= 0.6 is 0 Å². The molecule has 0 saturated carbocycles. The van der Waals surface area contributed by atoms with Gasteiger partial charge in [0.1, 0.15) is 12.3 Å². The lowest BCUT2D eigenvalue weighted by Gasteiger charge is -2.09. The maximum absolute atomic E-state index is 11.3. The normalized spacial score (nSPS) is 11.8. The Bertz CT molecular complexity index is 340. The van der Waals surface area contributed by atoms with Crippen molar-refractivity contribution in [2.75, 3.05) is 7.05 Å². The molecule has 5 heteroatoms. The minimum atomic E-state index is -0.879. The summed E-state index contributed by atoms with van der Waals surface area (Å²) in [4.78, 5) is 26.7. The first-order valence-corrected chi connectivity index (χ1v) is 4.86. The molecule has 1 rings (SSSR count). The van der Waals surface area contributed by atoms with Gasteiger partial charge in [0.15, 0.2) is 0 Å². The number of amides is 1. The molecule has 0 aliphatic heterocycles. The van der Waals surface area contributed by atoms with Gasteiger partial charge in [0.25, 0.3) is 5.91 Å². The summed E-state index contributed by atoms with van der Waals surface area (Å²) in [7, 11) is 1.52. The molecule has 1 aromatic rings. The summed E-state index contributed by atoms with van der Waals surface area (Å²) in [5.74, 6) is -0.506. The third kappa shape index (κ3) is 3.80. The Morgan fingerprint density at radius 3 is 2.69 bits per heavy atom. The smallest absolute Gasteiger partial charge is 0.268 e. The zero-order chi connectivity index (χ0) is 11.8. The van der Waals surface area contributed by atoms with Gasteiger partial charge in [-0.05, 0) is 12.6 Å². The van der Waals surface area contributed by atoms with Gasteiger partial charge in [0.2, 0.25) is 0 Å². The maximum atomic E-state index is 11.3. The number of likely N-dealkylation sites (N-methyl/N-ethyl adjacent to an activating group) is 1. The molecule has 0 aliphatic rings. The van der Waals surface area contributed by atoms with Gasteiger partial charge in [-0.3, -0.25) is 9.63 Å². The number of carbonyl (C=O) groups excluding carboxylic acids is 2. The van der Waals surface area contributed by atoms with Crippen molar-refractivity contribution in [2.45, 2.75) is 12.6 Å². The zero-order valence-electron chi connectivity index (χ0n) is 8.97. The molecule has 0 bridgehead atoms. The fraction of sp³-hybridized carbons (Fsp3) is 0.273. The van der Waals surface area contributed by atoms with E-state index in [0.717, 1.165) is 5.56 Å². The summed E-state index contributed by atoms with van der Waals surface area (Å²) in [5, 5.41) is 2.54. The predicted octanol–water partition coefficient (Wildman–Crippen LogP) is 0.0213. The molecule has 0 heterocycles. The second-order valence-corrected chi connectivity index (χ2v) is 3.14. The van der Waals surface area contributed by atoms with Gasteiger partial charge in [0.05, 0.1) is 6.61 Å². The van der Waals surface area contributed by atoms with Crippen LogP contribution in [-0.2, 0) is 21.0 Å². The number of benzene rings is 1. The van der Waals surface area contributed by atoms with Gasteiger partial charge in [-0.1, -0.05) is 30.3 Å². The fourth-order valence-corrected chi connectivity index (χ4v) is 1.09. The Hall–Kier alpha value is -1.72. The van der Waals surface area contributed by atoms with Crippen LogP contribution in [0.1, 0.15) is 5.56 Å². The summed E-state index contributed by atoms with van der Waals surface area (Å²) < 4.78 is 0. The van der Waals surface area contributed by atoms with Crippen LogP contribution in [0.2, 0.25) is 0 Å². The molecule has 0 spiro atoms. The molecule has 16 heavy (non-hydrogen) atoms. The molecule has 0 aromatic heterocycles. The second-order valence-electron chi connectivity index (χ2n) is 3.14. The van der Waals surface area contributed by atoms with Crippen LogP contribution in [-0.4, -0.2) is 25.3 Å². The molecule has 1 aromatic carbocycles. The van der Waals surface area contributed by atoms with Crippen LogP contribution in [0.25, 0.3) is 0 Å². The van der Waals surface area contributed by atoms with Crippen LogP contribution < -0.4 is 10.8 Å². The Kier molecular flexibility index (Phi) is 5.18. The van der Waals surface area contributed by atoms with E-state index in [-0.39, 0.29) is 6.61 Å². The van der Waals surface area contributed by atoms with E-state index in [0.29, 0.717) is 6.29 Å². The second kappa shape index (κ2) is 6.71. The predicted molar refractivity (Wildman–Crippen MR) is 58.3 cm³/mol. The molecular weight excluding hydrogens is 208 g/mol. The van der Waals surface area contributed by atoms with Crippen molar-refractivity contribution < 1.29 is 14.4 Å². The van der Waals surface area contributed by atoms with E-state index in [4.69, 9.17) is 4.84 Å². The summed E-state index contributed by atoms with van der Waals surface area (Å²) in [6, 6.07) is 8.52. The van der Waals surface area contributed by atoms with Crippen LogP contribution in [0, 0.1) is 0 Å². The van der Waals surface area contributed by atoms with Crippen molar-refractivity contribution in [3.05, 3.63) is 35.9 Å². The highest BCUT2D eigenvalue weighted by atomic mass is 16.6. The lowest BCUT2D eigenvalue weighted by Crippen LogP contribution is -2.43. The molecule has 1 unspecified atom stereocenters. The quantitative estimate of drug-likeness (QED) is 0.404. The third-order valence-corrected chi connectivity index (χ3v) is 1.98. The summed E-state index contributed by atoms with van der Waals surface area (Å²) in [6.07, 6.45) is 0.515. The first-order chi connectivity index (χ1) is 7.77. The van der Waals surface area contributed by atoms with Gasteiger partial charge in [-0.25, -0.2) is 5.48 Å². The van der Waals surface area contributed by atoms with Crippen LogP contribution in [0.3, 0.4) is 0 Å². The molecule has 1 atom stereocenters. The Morgan fingerprint density at radius 2 is 2.12 bits per heavy atom. The van der Waals surface area contributed by atoms with Gasteiger partial charge in [-0.2, -0.15) is 0 Å². The highest BCUT2D eigenvalue weighted by molar-refractivity contribution is 5.95. The largest absolute Gasteiger partial charge is 0.303 e. The van der Waals surface area contributed by atoms with Crippen molar-refractivity contribution >= 4 is 12.2 Å². The molecule has 0 radical (unpaired) electrons. The Labute approximate surface area is 93.7 Å². The minimum Gasteiger partial charge on any atom is -0.303 e. The fourth-order valence-electron chi connectivity index (χ4n) is 1.09. The van der Waals surface area contributed by atoms with Crippen molar-refractivity contribution in [3.8, 4) is 0 Å². The van der Waals surface area contributed by atoms with E-state index >= 15 is 0 Å². The van der Waals surface area contributed by atoms with Crippen molar-refractivity contribution in [1.82, 2.24) is 10.8 Å². The van der Waals surface area contributed by atoms with Crippen molar-refractivity contribution in [2.24, 2.45) is 0 Å². The van der Waals surface area contributed by atoms with Crippen LogP contribution in [0.4, 0.5) is 0 Å². The number of nitrogens with one attached hydrogen (secondary N) is 2. The number of aldehydes is 1. The minimum absolute atomic E-state index is 0.266. The van der Waals surface area contributed by atoms with Gasteiger partial charge in [0, 0.05) is 0 Å². The van der Waals surface area contributed by atoms with E-state index in [1.54, 1.807) is 0 Å². The summed E-state index contributed by atoms with van der Waals surface area (Å²) >= 11 is 0. The van der Waals surface area contributed by atoms with Gasteiger partial charge < -0.3 is 10.1 Å². The maximum Gasteiger partial charge on any atom is 0.268 e. The number of hydroxylamine groups is 1. The third-order valence-electron chi connectivity index (χ3n) is 1.98. The average molecular weight is 222 g/mol. The number of hydrogen-bond donors (Lipinski definition) is 2. The summed E-state index contributed by atoms with van der Waals surface area (Å²) in [5.41, 5.74) is 3.14. The lowest BCUT2D eigenvalue weighted by atomic mass is 10.2. The molecule has 0 saturated heterocycles. The van der Waals surface area contributed by atoms with E-state index in [1.807, 2.05) is 30.3 Å². The highest BCUT2D eigenvalue weighted by Crippen LogP contribution is 1.98. The molecule has 0 aliphatic carbocycles. The number of rotatable bonds is 6. The molecule has 2 N–H and O–H groups in total. The highest BCUT2D eigenvalue weighted by Gasteiger charge is 2.14. The SMILES string of the molecule is CNC(C=O)C(=O)NOCc1ccccc1. The van der Waals surface area contributed by atoms with E-state index in [2.05, 4.69) is 10.8 Å². The van der Waals surface area contributed by atoms with Gasteiger partial charge >= 0.3 is 0 Å². The van der Waals surface area contributed by atoms with Crippen molar-refractivity contribution in [1.29, 1.82) is 0 Å². The monoisotopic (exact) mass is 222 g/mol.